The number of nitro benzene ring substituents is 1. The summed E-state index contributed by atoms with van der Waals surface area (Å²) in [5.74, 6) is 0.715. The van der Waals surface area contributed by atoms with Gasteiger partial charge in [0, 0.05) is 23.8 Å². The second kappa shape index (κ2) is 7.06. The van der Waals surface area contributed by atoms with Crippen LogP contribution in [0.25, 0.3) is 5.69 Å². The largest absolute Gasteiger partial charge is 0.497 e. The Hall–Kier alpha value is -3.68. The van der Waals surface area contributed by atoms with Crippen LogP contribution in [-0.4, -0.2) is 27.7 Å². The number of rotatable bonds is 5. The van der Waals surface area contributed by atoms with Gasteiger partial charge in [-0.2, -0.15) is 5.10 Å². The molecule has 0 aliphatic carbocycles. The van der Waals surface area contributed by atoms with Crippen molar-refractivity contribution >= 4 is 17.4 Å². The number of hydrogen-bond acceptors (Lipinski definition) is 5. The topological polar surface area (TPSA) is 99.3 Å². The van der Waals surface area contributed by atoms with Crippen molar-refractivity contribution < 1.29 is 14.5 Å². The van der Waals surface area contributed by atoms with E-state index in [2.05, 4.69) is 10.4 Å². The molecule has 8 nitrogen and oxygen atoms in total. The molecule has 3 aromatic rings. The molecule has 0 saturated carbocycles. The predicted molar refractivity (Wildman–Crippen MR) is 95.9 cm³/mol. The fourth-order valence-electron chi connectivity index (χ4n) is 2.46. The fourth-order valence-corrected chi connectivity index (χ4v) is 2.46. The molecule has 1 amide bonds. The van der Waals surface area contributed by atoms with E-state index in [1.165, 1.54) is 24.3 Å². The monoisotopic (exact) mass is 352 g/mol. The molecule has 2 aromatic carbocycles. The van der Waals surface area contributed by atoms with Crippen molar-refractivity contribution in [1.82, 2.24) is 9.78 Å². The van der Waals surface area contributed by atoms with Crippen molar-refractivity contribution in [3.05, 3.63) is 76.0 Å². The van der Waals surface area contributed by atoms with Gasteiger partial charge in [-0.3, -0.25) is 14.9 Å². The molecule has 0 bridgehead atoms. The molecular weight excluding hydrogens is 336 g/mol. The standard InChI is InChI=1S/C18H16N4O4/c1-12-10-17(21(20-12)14-6-8-16(26-2)9-7-14)19-18(23)13-4-3-5-15(11-13)22(24)25/h3-11H,1-2H3,(H,19,23). The van der Waals surface area contributed by atoms with Crippen molar-refractivity contribution in [2.75, 3.05) is 12.4 Å². The molecule has 0 fully saturated rings. The van der Waals surface area contributed by atoms with Gasteiger partial charge in [-0.15, -0.1) is 0 Å². The number of benzene rings is 2. The van der Waals surface area contributed by atoms with Crippen LogP contribution in [0.3, 0.4) is 0 Å². The number of aromatic nitrogens is 2. The molecule has 0 aliphatic rings. The van der Waals surface area contributed by atoms with Crippen LogP contribution >= 0.6 is 0 Å². The van der Waals surface area contributed by atoms with E-state index in [4.69, 9.17) is 4.74 Å². The fraction of sp³-hybridized carbons (Fsp3) is 0.111. The number of hydrogen-bond donors (Lipinski definition) is 1. The number of carbonyl (C=O) groups is 1. The highest BCUT2D eigenvalue weighted by molar-refractivity contribution is 6.04. The Morgan fingerprint density at radius 2 is 1.92 bits per heavy atom. The highest BCUT2D eigenvalue weighted by atomic mass is 16.6. The first-order chi connectivity index (χ1) is 12.5. The third kappa shape index (κ3) is 3.54. The number of non-ortho nitro benzene ring substituents is 1. The minimum atomic E-state index is -0.539. The highest BCUT2D eigenvalue weighted by Crippen LogP contribution is 2.21. The summed E-state index contributed by atoms with van der Waals surface area (Å²) in [7, 11) is 1.58. The first-order valence-corrected chi connectivity index (χ1v) is 7.75. The normalized spacial score (nSPS) is 10.4. The summed E-state index contributed by atoms with van der Waals surface area (Å²) in [4.78, 5) is 22.8. The van der Waals surface area contributed by atoms with Gasteiger partial charge in [0.05, 0.1) is 23.4 Å². The zero-order chi connectivity index (χ0) is 18.7. The molecule has 8 heteroatoms. The van der Waals surface area contributed by atoms with Crippen LogP contribution < -0.4 is 10.1 Å². The van der Waals surface area contributed by atoms with Crippen molar-refractivity contribution in [3.63, 3.8) is 0 Å². The number of ether oxygens (including phenoxy) is 1. The second-order valence-electron chi connectivity index (χ2n) is 5.54. The van der Waals surface area contributed by atoms with Gasteiger partial charge in [-0.05, 0) is 37.3 Å². The van der Waals surface area contributed by atoms with Gasteiger partial charge >= 0.3 is 0 Å². The van der Waals surface area contributed by atoms with Crippen LogP contribution in [0.4, 0.5) is 11.5 Å². The Morgan fingerprint density at radius 3 is 2.58 bits per heavy atom. The maximum absolute atomic E-state index is 12.5. The Balaban J connectivity index is 1.89. The van der Waals surface area contributed by atoms with Crippen LogP contribution in [0.2, 0.25) is 0 Å². The van der Waals surface area contributed by atoms with Gasteiger partial charge in [-0.1, -0.05) is 6.07 Å². The van der Waals surface area contributed by atoms with E-state index in [0.717, 1.165) is 11.4 Å². The van der Waals surface area contributed by atoms with E-state index >= 15 is 0 Å². The Morgan fingerprint density at radius 1 is 1.19 bits per heavy atom. The lowest BCUT2D eigenvalue weighted by Gasteiger charge is -2.09. The molecule has 0 saturated heterocycles. The number of anilines is 1. The van der Waals surface area contributed by atoms with E-state index in [0.29, 0.717) is 11.6 Å². The summed E-state index contributed by atoms with van der Waals surface area (Å²) in [6, 6.07) is 14.5. The summed E-state index contributed by atoms with van der Waals surface area (Å²) < 4.78 is 6.73. The van der Waals surface area contributed by atoms with Gasteiger partial charge in [0.25, 0.3) is 11.6 Å². The number of carbonyl (C=O) groups excluding carboxylic acids is 1. The number of methoxy groups -OCH3 is 1. The second-order valence-corrected chi connectivity index (χ2v) is 5.54. The van der Waals surface area contributed by atoms with Crippen LogP contribution in [-0.2, 0) is 0 Å². The summed E-state index contributed by atoms with van der Waals surface area (Å²) in [6.07, 6.45) is 0. The average Bonchev–Trinajstić information content (AvgIpc) is 3.02. The van der Waals surface area contributed by atoms with Crippen molar-refractivity contribution in [3.8, 4) is 11.4 Å². The van der Waals surface area contributed by atoms with Gasteiger partial charge in [0.1, 0.15) is 11.6 Å². The molecule has 1 heterocycles. The maximum Gasteiger partial charge on any atom is 0.270 e. The molecule has 1 N–H and O–H groups in total. The SMILES string of the molecule is COc1ccc(-n2nc(C)cc2NC(=O)c2cccc([N+](=O)[O-])c2)cc1. The smallest absolute Gasteiger partial charge is 0.270 e. The van der Waals surface area contributed by atoms with Gasteiger partial charge in [-0.25, -0.2) is 4.68 Å². The number of nitrogens with one attached hydrogen (secondary N) is 1. The lowest BCUT2D eigenvalue weighted by atomic mass is 10.2. The Kier molecular flexibility index (Phi) is 4.66. The molecule has 1 aromatic heterocycles. The molecule has 0 atom stereocenters. The lowest BCUT2D eigenvalue weighted by Crippen LogP contribution is -2.15. The number of nitro groups is 1. The summed E-state index contributed by atoms with van der Waals surface area (Å²) in [5, 5.41) is 18.0. The first-order valence-electron chi connectivity index (χ1n) is 7.75. The highest BCUT2D eigenvalue weighted by Gasteiger charge is 2.15. The van der Waals surface area contributed by atoms with E-state index in [1.54, 1.807) is 30.0 Å². The number of aryl methyl sites for hydroxylation is 1. The predicted octanol–water partition coefficient (Wildman–Crippen LogP) is 3.35. The quantitative estimate of drug-likeness (QED) is 0.561. The Labute approximate surface area is 149 Å². The molecule has 132 valence electrons. The molecule has 0 radical (unpaired) electrons. The zero-order valence-electron chi connectivity index (χ0n) is 14.2. The van der Waals surface area contributed by atoms with Crippen molar-refractivity contribution in [2.45, 2.75) is 6.92 Å². The Bertz CT molecular complexity index is 964. The third-order valence-electron chi connectivity index (χ3n) is 3.71. The van der Waals surface area contributed by atoms with Crippen molar-refractivity contribution in [1.29, 1.82) is 0 Å². The van der Waals surface area contributed by atoms with E-state index in [-0.39, 0.29) is 11.3 Å². The van der Waals surface area contributed by atoms with Gasteiger partial charge in [0.15, 0.2) is 0 Å². The van der Waals surface area contributed by atoms with E-state index in [1.807, 2.05) is 19.1 Å². The van der Waals surface area contributed by atoms with Crippen molar-refractivity contribution in [2.24, 2.45) is 0 Å². The molecule has 0 aliphatic heterocycles. The zero-order valence-corrected chi connectivity index (χ0v) is 14.2. The van der Waals surface area contributed by atoms with Crippen LogP contribution in [0.5, 0.6) is 5.75 Å². The average molecular weight is 352 g/mol. The van der Waals surface area contributed by atoms with Crippen LogP contribution in [0.15, 0.2) is 54.6 Å². The molecule has 3 rings (SSSR count). The number of nitrogens with zero attached hydrogens (tertiary/aromatic N) is 3. The minimum absolute atomic E-state index is 0.141. The first kappa shape index (κ1) is 17.2. The summed E-state index contributed by atoms with van der Waals surface area (Å²) in [5.41, 5.74) is 1.51. The molecular formula is C18H16N4O4. The summed E-state index contributed by atoms with van der Waals surface area (Å²) in [6.45, 7) is 1.81. The molecule has 26 heavy (non-hydrogen) atoms. The third-order valence-corrected chi connectivity index (χ3v) is 3.71. The van der Waals surface area contributed by atoms with Gasteiger partial charge < -0.3 is 10.1 Å². The van der Waals surface area contributed by atoms with Crippen LogP contribution in [0, 0.1) is 17.0 Å². The van der Waals surface area contributed by atoms with Crippen LogP contribution in [0.1, 0.15) is 16.1 Å². The minimum Gasteiger partial charge on any atom is -0.497 e. The van der Waals surface area contributed by atoms with E-state index < -0.39 is 10.8 Å². The summed E-state index contributed by atoms with van der Waals surface area (Å²) >= 11 is 0. The lowest BCUT2D eigenvalue weighted by molar-refractivity contribution is -0.384. The maximum atomic E-state index is 12.5. The van der Waals surface area contributed by atoms with Gasteiger partial charge in [0.2, 0.25) is 0 Å². The molecule has 0 unspecified atom stereocenters. The molecule has 0 spiro atoms. The van der Waals surface area contributed by atoms with E-state index in [9.17, 15) is 14.9 Å². The number of amides is 1.